The first kappa shape index (κ1) is 13.8. The van der Waals surface area contributed by atoms with E-state index < -0.39 is 11.7 Å². The highest BCUT2D eigenvalue weighted by atomic mass is 19.4. The number of rotatable bonds is 5. The molecule has 3 nitrogen and oxygen atoms in total. The molecule has 0 saturated heterocycles. The summed E-state index contributed by atoms with van der Waals surface area (Å²) in [6.45, 7) is -0.291. The molecule has 1 aromatic rings. The van der Waals surface area contributed by atoms with E-state index in [0.717, 1.165) is 12.1 Å². The smallest absolute Gasteiger partial charge is 0.396 e. The van der Waals surface area contributed by atoms with Crippen molar-refractivity contribution in [2.75, 3.05) is 18.5 Å². The molecule has 1 rings (SSSR count). The van der Waals surface area contributed by atoms with Crippen LogP contribution in [0.5, 0.6) is 0 Å². The Balaban J connectivity index is 2.68. The van der Waals surface area contributed by atoms with Crippen molar-refractivity contribution in [3.63, 3.8) is 0 Å². The Hall–Kier alpha value is -1.27. The SMILES string of the molecule is OCCC(CO)Nc1ccc(C(F)(F)F)cc1. The Labute approximate surface area is 96.9 Å². The fraction of sp³-hybridized carbons (Fsp3) is 0.455. The summed E-state index contributed by atoms with van der Waals surface area (Å²) < 4.78 is 36.8. The zero-order valence-corrected chi connectivity index (χ0v) is 9.04. The molecular weight excluding hydrogens is 235 g/mol. The van der Waals surface area contributed by atoms with E-state index in [1.54, 1.807) is 0 Å². The molecule has 96 valence electrons. The third kappa shape index (κ3) is 4.24. The maximum absolute atomic E-state index is 12.3. The maximum Gasteiger partial charge on any atom is 0.416 e. The molecule has 0 amide bonds. The normalized spacial score (nSPS) is 13.5. The second-order valence-electron chi connectivity index (χ2n) is 3.61. The van der Waals surface area contributed by atoms with Gasteiger partial charge in [-0.25, -0.2) is 0 Å². The first-order valence-electron chi connectivity index (χ1n) is 5.13. The minimum absolute atomic E-state index is 0.0984. The summed E-state index contributed by atoms with van der Waals surface area (Å²) in [6.07, 6.45) is -4.02. The highest BCUT2D eigenvalue weighted by molar-refractivity contribution is 5.45. The molecule has 3 N–H and O–H groups in total. The van der Waals surface area contributed by atoms with E-state index >= 15 is 0 Å². The van der Waals surface area contributed by atoms with Gasteiger partial charge in [0, 0.05) is 12.3 Å². The second kappa shape index (κ2) is 5.88. The van der Waals surface area contributed by atoms with Gasteiger partial charge in [0.25, 0.3) is 0 Å². The lowest BCUT2D eigenvalue weighted by molar-refractivity contribution is -0.137. The van der Waals surface area contributed by atoms with Crippen LogP contribution in [0.25, 0.3) is 0 Å². The van der Waals surface area contributed by atoms with Crippen LogP contribution in [0.4, 0.5) is 18.9 Å². The molecule has 0 aliphatic carbocycles. The number of anilines is 1. The van der Waals surface area contributed by atoms with E-state index in [-0.39, 0.29) is 19.3 Å². The summed E-state index contributed by atoms with van der Waals surface area (Å²) in [5.74, 6) is 0. The quantitative estimate of drug-likeness (QED) is 0.746. The van der Waals surface area contributed by atoms with Gasteiger partial charge in [-0.3, -0.25) is 0 Å². The van der Waals surface area contributed by atoms with Crippen LogP contribution in [0.3, 0.4) is 0 Å². The summed E-state index contributed by atoms with van der Waals surface area (Å²) in [6, 6.07) is 4.16. The van der Waals surface area contributed by atoms with Gasteiger partial charge in [-0.2, -0.15) is 13.2 Å². The average Bonchev–Trinajstić information content (AvgIpc) is 2.28. The Kier molecular flexibility index (Phi) is 4.77. The van der Waals surface area contributed by atoms with Crippen molar-refractivity contribution < 1.29 is 23.4 Å². The monoisotopic (exact) mass is 249 g/mol. The second-order valence-corrected chi connectivity index (χ2v) is 3.61. The number of halogens is 3. The van der Waals surface area contributed by atoms with E-state index in [1.165, 1.54) is 12.1 Å². The predicted octanol–water partition coefficient (Wildman–Crippen LogP) is 1.86. The van der Waals surface area contributed by atoms with Crippen molar-refractivity contribution in [2.24, 2.45) is 0 Å². The van der Waals surface area contributed by atoms with Gasteiger partial charge >= 0.3 is 6.18 Å². The molecule has 0 bridgehead atoms. The first-order valence-corrected chi connectivity index (χ1v) is 5.13. The maximum atomic E-state index is 12.3. The molecule has 0 spiro atoms. The van der Waals surface area contributed by atoms with E-state index in [2.05, 4.69) is 5.32 Å². The van der Waals surface area contributed by atoms with Crippen molar-refractivity contribution in [3.8, 4) is 0 Å². The Morgan fingerprint density at radius 1 is 1.12 bits per heavy atom. The van der Waals surface area contributed by atoms with Crippen molar-refractivity contribution >= 4 is 5.69 Å². The molecule has 1 atom stereocenters. The van der Waals surface area contributed by atoms with Gasteiger partial charge in [0.2, 0.25) is 0 Å². The van der Waals surface area contributed by atoms with E-state index in [4.69, 9.17) is 10.2 Å². The Morgan fingerprint density at radius 3 is 2.12 bits per heavy atom. The lowest BCUT2D eigenvalue weighted by Gasteiger charge is -2.16. The molecule has 0 fully saturated rings. The molecule has 0 aliphatic heterocycles. The number of aliphatic hydroxyl groups is 2. The van der Waals surface area contributed by atoms with E-state index in [0.29, 0.717) is 12.1 Å². The summed E-state index contributed by atoms with van der Waals surface area (Å²) in [5.41, 5.74) is -0.240. The number of nitrogens with one attached hydrogen (secondary N) is 1. The highest BCUT2D eigenvalue weighted by Crippen LogP contribution is 2.29. The van der Waals surface area contributed by atoms with Gasteiger partial charge in [0.05, 0.1) is 18.2 Å². The minimum atomic E-state index is -4.35. The van der Waals surface area contributed by atoms with Crippen molar-refractivity contribution in [3.05, 3.63) is 29.8 Å². The number of alkyl halides is 3. The topological polar surface area (TPSA) is 52.5 Å². The standard InChI is InChI=1S/C11H14F3NO2/c12-11(13,14)8-1-3-9(4-2-8)15-10(7-17)5-6-16/h1-4,10,15-17H,5-7H2. The third-order valence-corrected chi connectivity index (χ3v) is 2.28. The fourth-order valence-corrected chi connectivity index (χ4v) is 1.36. The van der Waals surface area contributed by atoms with Crippen LogP contribution >= 0.6 is 0 Å². The van der Waals surface area contributed by atoms with Crippen LogP contribution in [0.15, 0.2) is 24.3 Å². The average molecular weight is 249 g/mol. The number of aliphatic hydroxyl groups excluding tert-OH is 2. The minimum Gasteiger partial charge on any atom is -0.396 e. The zero-order chi connectivity index (χ0) is 12.9. The summed E-state index contributed by atoms with van der Waals surface area (Å²) in [4.78, 5) is 0. The van der Waals surface area contributed by atoms with E-state index in [9.17, 15) is 13.2 Å². The van der Waals surface area contributed by atoms with Gasteiger partial charge in [-0.15, -0.1) is 0 Å². The number of hydrogen-bond donors (Lipinski definition) is 3. The lowest BCUT2D eigenvalue weighted by Crippen LogP contribution is -2.24. The number of hydrogen-bond acceptors (Lipinski definition) is 3. The van der Waals surface area contributed by atoms with Gasteiger partial charge in [0.15, 0.2) is 0 Å². The van der Waals surface area contributed by atoms with Crippen molar-refractivity contribution in [2.45, 2.75) is 18.6 Å². The van der Waals surface area contributed by atoms with Gasteiger partial charge in [-0.05, 0) is 30.7 Å². The zero-order valence-electron chi connectivity index (χ0n) is 9.04. The molecule has 6 heteroatoms. The predicted molar refractivity (Wildman–Crippen MR) is 57.6 cm³/mol. The first-order chi connectivity index (χ1) is 7.97. The van der Waals surface area contributed by atoms with Crippen molar-refractivity contribution in [1.82, 2.24) is 0 Å². The lowest BCUT2D eigenvalue weighted by atomic mass is 10.1. The molecule has 0 aromatic heterocycles. The third-order valence-electron chi connectivity index (χ3n) is 2.28. The van der Waals surface area contributed by atoms with Gasteiger partial charge in [-0.1, -0.05) is 0 Å². The molecule has 1 unspecified atom stereocenters. The van der Waals surface area contributed by atoms with Crippen LogP contribution in [-0.2, 0) is 6.18 Å². The molecule has 17 heavy (non-hydrogen) atoms. The number of benzene rings is 1. The largest absolute Gasteiger partial charge is 0.416 e. The van der Waals surface area contributed by atoms with Crippen LogP contribution in [0.1, 0.15) is 12.0 Å². The molecule has 1 aromatic carbocycles. The van der Waals surface area contributed by atoms with Gasteiger partial charge in [0.1, 0.15) is 0 Å². The van der Waals surface area contributed by atoms with E-state index in [1.807, 2.05) is 0 Å². The van der Waals surface area contributed by atoms with Crippen LogP contribution in [0, 0.1) is 0 Å². The fourth-order valence-electron chi connectivity index (χ4n) is 1.36. The van der Waals surface area contributed by atoms with Crippen molar-refractivity contribution in [1.29, 1.82) is 0 Å². The highest BCUT2D eigenvalue weighted by Gasteiger charge is 2.29. The molecule has 0 aliphatic rings. The Bertz CT molecular complexity index is 338. The van der Waals surface area contributed by atoms with Crippen LogP contribution in [0.2, 0.25) is 0 Å². The molecule has 0 heterocycles. The van der Waals surface area contributed by atoms with Gasteiger partial charge < -0.3 is 15.5 Å². The molecule has 0 saturated carbocycles. The molecule has 0 radical (unpaired) electrons. The summed E-state index contributed by atoms with van der Waals surface area (Å²) >= 11 is 0. The van der Waals surface area contributed by atoms with Crippen LogP contribution in [-0.4, -0.2) is 29.5 Å². The Morgan fingerprint density at radius 2 is 1.71 bits per heavy atom. The summed E-state index contributed by atoms with van der Waals surface area (Å²) in [5, 5.41) is 20.5. The summed E-state index contributed by atoms with van der Waals surface area (Å²) in [7, 11) is 0. The van der Waals surface area contributed by atoms with Crippen LogP contribution < -0.4 is 5.32 Å². The molecular formula is C11H14F3NO2.